The summed E-state index contributed by atoms with van der Waals surface area (Å²) in [6.07, 6.45) is -0.465. The largest absolute Gasteiger partial charge is 0.456 e. The van der Waals surface area contributed by atoms with Gasteiger partial charge >= 0.3 is 11.9 Å². The Balaban J connectivity index is 1.54. The Kier molecular flexibility index (Phi) is 6.17. The van der Waals surface area contributed by atoms with E-state index in [2.05, 4.69) is 28.2 Å². The SMILES string of the molecule is CC(=O)OC1[C@@H](CO)O[C@@H](n2cnc3c(-c4ccc(-c5cccs5)s4)ccnc32)[C@H]1OC(C)=O. The van der Waals surface area contributed by atoms with Crippen molar-refractivity contribution in [2.24, 2.45) is 0 Å². The van der Waals surface area contributed by atoms with E-state index in [9.17, 15) is 14.7 Å². The van der Waals surface area contributed by atoms with Crippen LogP contribution in [-0.2, 0) is 23.8 Å². The zero-order valence-corrected chi connectivity index (χ0v) is 19.9. The zero-order valence-electron chi connectivity index (χ0n) is 18.3. The lowest BCUT2D eigenvalue weighted by molar-refractivity contribution is -0.165. The molecule has 0 spiro atoms. The van der Waals surface area contributed by atoms with E-state index < -0.39 is 43.1 Å². The van der Waals surface area contributed by atoms with Crippen LogP contribution in [-0.4, -0.2) is 56.5 Å². The van der Waals surface area contributed by atoms with Crippen LogP contribution >= 0.6 is 22.7 Å². The Labute approximate surface area is 202 Å². The molecule has 34 heavy (non-hydrogen) atoms. The van der Waals surface area contributed by atoms with Gasteiger partial charge in [0.1, 0.15) is 11.6 Å². The molecule has 5 heterocycles. The van der Waals surface area contributed by atoms with Gasteiger partial charge in [-0.1, -0.05) is 6.07 Å². The summed E-state index contributed by atoms with van der Waals surface area (Å²) in [5.41, 5.74) is 2.09. The minimum Gasteiger partial charge on any atom is -0.456 e. The second-order valence-electron chi connectivity index (χ2n) is 7.72. The summed E-state index contributed by atoms with van der Waals surface area (Å²) in [5.74, 6) is -1.13. The highest BCUT2D eigenvalue weighted by atomic mass is 32.1. The Bertz CT molecular complexity index is 1330. The number of ether oxygens (including phenoxy) is 3. The summed E-state index contributed by atoms with van der Waals surface area (Å²) in [7, 11) is 0. The maximum atomic E-state index is 11.8. The highest BCUT2D eigenvalue weighted by molar-refractivity contribution is 7.23. The monoisotopic (exact) mass is 499 g/mol. The summed E-state index contributed by atoms with van der Waals surface area (Å²) < 4.78 is 18.4. The minimum absolute atomic E-state index is 0.418. The molecule has 9 nitrogen and oxygen atoms in total. The first-order valence-electron chi connectivity index (χ1n) is 10.5. The zero-order chi connectivity index (χ0) is 23.8. The number of aliphatic hydroxyl groups excluding tert-OH is 1. The second kappa shape index (κ2) is 9.26. The molecule has 0 radical (unpaired) electrons. The fraction of sp³-hybridized carbons (Fsp3) is 0.304. The third kappa shape index (κ3) is 4.11. The van der Waals surface area contributed by atoms with Gasteiger partial charge in [-0.05, 0) is 29.6 Å². The van der Waals surface area contributed by atoms with Crippen molar-refractivity contribution in [2.75, 3.05) is 6.61 Å². The van der Waals surface area contributed by atoms with E-state index >= 15 is 0 Å². The third-order valence-electron chi connectivity index (χ3n) is 5.44. The van der Waals surface area contributed by atoms with Crippen LogP contribution in [0.15, 0.2) is 48.2 Å². The van der Waals surface area contributed by atoms with Crippen LogP contribution in [0, 0.1) is 0 Å². The summed E-state index contributed by atoms with van der Waals surface area (Å²) in [5, 5.41) is 11.9. The van der Waals surface area contributed by atoms with Gasteiger partial charge in [-0.15, -0.1) is 22.7 Å². The van der Waals surface area contributed by atoms with Gasteiger partial charge in [0, 0.05) is 40.2 Å². The lowest BCUT2D eigenvalue weighted by atomic mass is 10.1. The molecule has 0 saturated carbocycles. The highest BCUT2D eigenvalue weighted by Gasteiger charge is 2.50. The quantitative estimate of drug-likeness (QED) is 0.400. The summed E-state index contributed by atoms with van der Waals surface area (Å²) >= 11 is 3.35. The number of nitrogens with zero attached hydrogens (tertiary/aromatic N) is 3. The van der Waals surface area contributed by atoms with Crippen LogP contribution in [0.1, 0.15) is 20.1 Å². The van der Waals surface area contributed by atoms with Crippen molar-refractivity contribution in [1.82, 2.24) is 14.5 Å². The summed E-state index contributed by atoms with van der Waals surface area (Å²) in [6, 6.07) is 10.2. The van der Waals surface area contributed by atoms with Crippen LogP contribution < -0.4 is 0 Å². The molecule has 11 heteroatoms. The molecule has 4 atom stereocenters. The highest BCUT2D eigenvalue weighted by Crippen LogP contribution is 2.40. The molecule has 4 aromatic heterocycles. The topological polar surface area (TPSA) is 113 Å². The molecule has 1 unspecified atom stereocenters. The number of hydrogen-bond donors (Lipinski definition) is 1. The van der Waals surface area contributed by atoms with Crippen molar-refractivity contribution in [2.45, 2.75) is 38.4 Å². The van der Waals surface area contributed by atoms with E-state index in [0.717, 1.165) is 10.4 Å². The van der Waals surface area contributed by atoms with Crippen molar-refractivity contribution in [1.29, 1.82) is 0 Å². The Morgan fingerprint density at radius 1 is 1.06 bits per heavy atom. The Morgan fingerprint density at radius 3 is 2.53 bits per heavy atom. The normalized spacial score (nSPS) is 22.2. The predicted molar refractivity (Wildman–Crippen MR) is 126 cm³/mol. The smallest absolute Gasteiger partial charge is 0.303 e. The number of aliphatic hydroxyl groups is 1. The van der Waals surface area contributed by atoms with Crippen molar-refractivity contribution < 1.29 is 28.9 Å². The number of carbonyl (C=O) groups excluding carboxylic acids is 2. The van der Waals surface area contributed by atoms with E-state index in [4.69, 9.17) is 14.2 Å². The molecule has 0 amide bonds. The first-order valence-corrected chi connectivity index (χ1v) is 12.2. The van der Waals surface area contributed by atoms with Gasteiger partial charge in [0.2, 0.25) is 0 Å². The molecule has 1 N–H and O–H groups in total. The van der Waals surface area contributed by atoms with Crippen molar-refractivity contribution >= 4 is 45.8 Å². The molecular formula is C23H21N3O6S2. The average molecular weight is 500 g/mol. The molecule has 1 aliphatic rings. The van der Waals surface area contributed by atoms with Crippen LogP contribution in [0.25, 0.3) is 31.4 Å². The van der Waals surface area contributed by atoms with Gasteiger partial charge in [-0.25, -0.2) is 9.97 Å². The van der Waals surface area contributed by atoms with E-state index in [1.54, 1.807) is 39.8 Å². The first kappa shape index (κ1) is 22.7. The Hall–Kier alpha value is -3.12. The van der Waals surface area contributed by atoms with E-state index in [0.29, 0.717) is 11.2 Å². The second-order valence-corrected chi connectivity index (χ2v) is 9.75. The van der Waals surface area contributed by atoms with Gasteiger partial charge < -0.3 is 19.3 Å². The number of aromatic nitrogens is 3. The van der Waals surface area contributed by atoms with Crippen LogP contribution in [0.3, 0.4) is 0 Å². The third-order valence-corrected chi connectivity index (χ3v) is 7.62. The number of pyridine rings is 1. The van der Waals surface area contributed by atoms with E-state index in [1.807, 2.05) is 17.5 Å². The maximum absolute atomic E-state index is 11.8. The van der Waals surface area contributed by atoms with Crippen molar-refractivity contribution in [3.63, 3.8) is 0 Å². The predicted octanol–water partition coefficient (Wildman–Crippen LogP) is 3.64. The van der Waals surface area contributed by atoms with Gasteiger partial charge in [0.15, 0.2) is 24.1 Å². The number of hydrogen-bond acceptors (Lipinski definition) is 10. The molecule has 0 aromatic carbocycles. The molecule has 176 valence electrons. The number of fused-ring (bicyclic) bond motifs is 1. The molecule has 5 rings (SSSR count). The number of rotatable bonds is 6. The fourth-order valence-corrected chi connectivity index (χ4v) is 5.95. The number of imidazole rings is 1. The van der Waals surface area contributed by atoms with Crippen LogP contribution in [0.4, 0.5) is 0 Å². The number of thiophene rings is 2. The molecular weight excluding hydrogens is 478 g/mol. The van der Waals surface area contributed by atoms with E-state index in [1.165, 1.54) is 23.6 Å². The lowest BCUT2D eigenvalue weighted by Crippen LogP contribution is -2.40. The fourth-order valence-electron chi connectivity index (χ4n) is 4.08. The van der Waals surface area contributed by atoms with Gasteiger partial charge in [0.05, 0.1) is 12.9 Å². The molecule has 1 aliphatic heterocycles. The van der Waals surface area contributed by atoms with Gasteiger partial charge in [-0.3, -0.25) is 14.2 Å². The molecule has 0 aliphatic carbocycles. The minimum atomic E-state index is -0.978. The van der Waals surface area contributed by atoms with Crippen LogP contribution in [0.5, 0.6) is 0 Å². The lowest BCUT2D eigenvalue weighted by Gasteiger charge is -2.23. The summed E-state index contributed by atoms with van der Waals surface area (Å²) in [6.45, 7) is 2.09. The summed E-state index contributed by atoms with van der Waals surface area (Å²) in [4.78, 5) is 36.0. The van der Waals surface area contributed by atoms with Crippen LogP contribution in [0.2, 0.25) is 0 Å². The average Bonchev–Trinajstić information content (AvgIpc) is 3.59. The van der Waals surface area contributed by atoms with Crippen molar-refractivity contribution in [3.8, 4) is 20.2 Å². The standard InChI is InChI=1S/C23H21N3O6S2/c1-12(28)30-20-15(10-27)32-23(21(20)31-13(2)29)26-11-25-19-14(7-8-24-22(19)26)16-5-6-18(34-16)17-4-3-9-33-17/h3-9,11,15,20-21,23,27H,10H2,1-2H3/t15-,20?,21+,23-/m1/s1. The Morgan fingerprint density at radius 2 is 1.82 bits per heavy atom. The van der Waals surface area contributed by atoms with Gasteiger partial charge in [0.25, 0.3) is 0 Å². The molecule has 0 bridgehead atoms. The van der Waals surface area contributed by atoms with E-state index in [-0.39, 0.29) is 0 Å². The van der Waals surface area contributed by atoms with Gasteiger partial charge in [-0.2, -0.15) is 0 Å². The maximum Gasteiger partial charge on any atom is 0.303 e. The molecule has 1 saturated heterocycles. The molecule has 4 aromatic rings. The number of esters is 2. The van der Waals surface area contributed by atoms with Crippen molar-refractivity contribution in [3.05, 3.63) is 48.2 Å². The first-order chi connectivity index (χ1) is 16.5. The number of carbonyl (C=O) groups is 2. The molecule has 1 fully saturated rings.